The molecule has 5 nitrogen and oxygen atoms in total. The minimum atomic E-state index is -0.132. The van der Waals surface area contributed by atoms with Crippen molar-refractivity contribution in [3.8, 4) is 22.8 Å². The molecule has 0 spiro atoms. The second-order valence-corrected chi connectivity index (χ2v) is 8.34. The average Bonchev–Trinajstić information content (AvgIpc) is 3.20. The summed E-state index contributed by atoms with van der Waals surface area (Å²) in [6.07, 6.45) is -0.132. The third kappa shape index (κ3) is 3.60. The average molecular weight is 426 g/mol. The number of para-hydroxylation sites is 1. The Morgan fingerprint density at radius 3 is 2.53 bits per heavy atom. The molecule has 1 N–H and O–H groups in total. The van der Waals surface area contributed by atoms with Gasteiger partial charge in [0.25, 0.3) is 0 Å². The summed E-state index contributed by atoms with van der Waals surface area (Å²) in [5.41, 5.74) is 9.05. The fourth-order valence-corrected chi connectivity index (χ4v) is 4.23. The summed E-state index contributed by atoms with van der Waals surface area (Å²) < 4.78 is 13.8. The van der Waals surface area contributed by atoms with E-state index in [-0.39, 0.29) is 6.17 Å². The summed E-state index contributed by atoms with van der Waals surface area (Å²) >= 11 is 0. The first-order valence-electron chi connectivity index (χ1n) is 10.8. The van der Waals surface area contributed by atoms with Crippen molar-refractivity contribution in [2.45, 2.75) is 33.5 Å². The zero-order valence-electron chi connectivity index (χ0n) is 18.8. The van der Waals surface area contributed by atoms with Crippen LogP contribution in [0.15, 0.2) is 66.7 Å². The molecule has 162 valence electrons. The van der Waals surface area contributed by atoms with Crippen molar-refractivity contribution in [3.63, 3.8) is 0 Å². The number of hydrogen-bond acceptors (Lipinski definition) is 4. The lowest BCUT2D eigenvalue weighted by atomic mass is 10.0. The normalized spacial score (nSPS) is 14.3. The first-order chi connectivity index (χ1) is 15.5. The second-order valence-electron chi connectivity index (χ2n) is 8.34. The van der Waals surface area contributed by atoms with Gasteiger partial charge in [-0.25, -0.2) is 4.68 Å². The fourth-order valence-electron chi connectivity index (χ4n) is 4.23. The van der Waals surface area contributed by atoms with Crippen molar-refractivity contribution in [1.82, 2.24) is 9.78 Å². The van der Waals surface area contributed by atoms with Gasteiger partial charge in [0.05, 0.1) is 18.5 Å². The van der Waals surface area contributed by atoms with Crippen molar-refractivity contribution in [2.24, 2.45) is 0 Å². The number of ether oxygens (including phenoxy) is 2. The van der Waals surface area contributed by atoms with Gasteiger partial charge in [0.2, 0.25) is 0 Å². The van der Waals surface area contributed by atoms with Crippen LogP contribution in [-0.4, -0.2) is 16.9 Å². The van der Waals surface area contributed by atoms with Crippen LogP contribution in [0.3, 0.4) is 0 Å². The maximum absolute atomic E-state index is 6.08. The predicted octanol–water partition coefficient (Wildman–Crippen LogP) is 6.04. The molecule has 5 heteroatoms. The molecule has 4 aromatic rings. The third-order valence-corrected chi connectivity index (χ3v) is 5.95. The summed E-state index contributed by atoms with van der Waals surface area (Å²) in [6, 6.07) is 23.0. The second kappa shape index (κ2) is 8.08. The molecule has 0 saturated heterocycles. The number of anilines is 1. The smallest absolute Gasteiger partial charge is 0.161 e. The lowest BCUT2D eigenvalue weighted by molar-refractivity contribution is 0.284. The van der Waals surface area contributed by atoms with Crippen LogP contribution in [0.4, 0.5) is 5.69 Å². The van der Waals surface area contributed by atoms with Gasteiger partial charge in [0, 0.05) is 16.8 Å². The van der Waals surface area contributed by atoms with Crippen LogP contribution in [0.2, 0.25) is 0 Å². The Morgan fingerprint density at radius 2 is 1.75 bits per heavy atom. The van der Waals surface area contributed by atoms with Crippen LogP contribution < -0.4 is 14.8 Å². The number of hydrogen-bond donors (Lipinski definition) is 1. The standard InChI is InChI=1S/C27H27N3O2/c1-17-8-10-20(11-9-17)16-32-24-13-12-21(15-25(24)31-4)27-28-26-18(2)6-5-7-22(26)23-14-19(3)29-30(23)27/h5-15,27-28H,16H2,1-4H3. The van der Waals surface area contributed by atoms with Crippen LogP contribution in [0.25, 0.3) is 11.3 Å². The van der Waals surface area contributed by atoms with E-state index in [9.17, 15) is 0 Å². The quantitative estimate of drug-likeness (QED) is 0.424. The molecule has 0 fully saturated rings. The van der Waals surface area contributed by atoms with Gasteiger partial charge in [-0.05, 0) is 50.1 Å². The van der Waals surface area contributed by atoms with Crippen LogP contribution in [0.1, 0.15) is 34.1 Å². The Morgan fingerprint density at radius 1 is 0.938 bits per heavy atom. The van der Waals surface area contributed by atoms with E-state index in [4.69, 9.17) is 14.6 Å². The number of methoxy groups -OCH3 is 1. The number of aromatic nitrogens is 2. The van der Waals surface area contributed by atoms with Crippen molar-refractivity contribution in [2.75, 3.05) is 12.4 Å². The number of rotatable bonds is 5. The molecule has 0 bridgehead atoms. The maximum atomic E-state index is 6.08. The Kier molecular flexibility index (Phi) is 5.10. The van der Waals surface area contributed by atoms with Crippen LogP contribution in [-0.2, 0) is 6.61 Å². The van der Waals surface area contributed by atoms with Gasteiger partial charge in [0.15, 0.2) is 11.5 Å². The molecule has 1 unspecified atom stereocenters. The molecular weight excluding hydrogens is 398 g/mol. The van der Waals surface area contributed by atoms with E-state index >= 15 is 0 Å². The lowest BCUT2D eigenvalue weighted by Gasteiger charge is -2.30. The first kappa shape index (κ1) is 20.2. The van der Waals surface area contributed by atoms with E-state index in [1.807, 2.05) is 19.1 Å². The predicted molar refractivity (Wildman–Crippen MR) is 127 cm³/mol. The number of fused-ring (bicyclic) bond motifs is 3. The van der Waals surface area contributed by atoms with Gasteiger partial charge < -0.3 is 14.8 Å². The van der Waals surface area contributed by atoms with E-state index in [0.717, 1.165) is 34.0 Å². The Balaban J connectivity index is 1.47. The first-order valence-corrected chi connectivity index (χ1v) is 10.8. The van der Waals surface area contributed by atoms with E-state index in [1.54, 1.807) is 7.11 Å². The minimum absolute atomic E-state index is 0.132. The molecule has 0 aliphatic carbocycles. The van der Waals surface area contributed by atoms with Gasteiger partial charge in [-0.15, -0.1) is 0 Å². The van der Waals surface area contributed by atoms with Crippen LogP contribution >= 0.6 is 0 Å². The van der Waals surface area contributed by atoms with E-state index in [0.29, 0.717) is 12.4 Å². The molecule has 1 aliphatic heterocycles. The van der Waals surface area contributed by atoms with Crippen molar-refractivity contribution >= 4 is 5.69 Å². The molecule has 2 heterocycles. The van der Waals surface area contributed by atoms with Crippen LogP contribution in [0, 0.1) is 20.8 Å². The van der Waals surface area contributed by atoms with Crippen molar-refractivity contribution < 1.29 is 9.47 Å². The molecule has 32 heavy (non-hydrogen) atoms. The third-order valence-electron chi connectivity index (χ3n) is 5.95. The van der Waals surface area contributed by atoms with E-state index in [2.05, 4.69) is 78.4 Å². The topological polar surface area (TPSA) is 48.3 Å². The minimum Gasteiger partial charge on any atom is -0.493 e. The van der Waals surface area contributed by atoms with E-state index in [1.165, 1.54) is 16.7 Å². The van der Waals surface area contributed by atoms with E-state index < -0.39 is 0 Å². The number of benzene rings is 3. The summed E-state index contributed by atoms with van der Waals surface area (Å²) in [5.74, 6) is 1.43. The summed E-state index contributed by atoms with van der Waals surface area (Å²) in [4.78, 5) is 0. The highest BCUT2D eigenvalue weighted by atomic mass is 16.5. The molecule has 0 radical (unpaired) electrons. The largest absolute Gasteiger partial charge is 0.493 e. The molecule has 3 aromatic carbocycles. The van der Waals surface area contributed by atoms with Gasteiger partial charge >= 0.3 is 0 Å². The highest BCUT2D eigenvalue weighted by Crippen LogP contribution is 2.41. The number of nitrogens with one attached hydrogen (secondary N) is 1. The maximum Gasteiger partial charge on any atom is 0.161 e. The summed E-state index contributed by atoms with van der Waals surface area (Å²) in [5, 5.41) is 8.47. The van der Waals surface area contributed by atoms with Gasteiger partial charge in [-0.1, -0.05) is 54.1 Å². The molecule has 1 aromatic heterocycles. The highest BCUT2D eigenvalue weighted by molar-refractivity contribution is 5.81. The number of nitrogens with zero attached hydrogens (tertiary/aromatic N) is 2. The zero-order valence-corrected chi connectivity index (χ0v) is 18.8. The van der Waals surface area contributed by atoms with Gasteiger partial charge in [-0.3, -0.25) is 0 Å². The molecule has 1 atom stereocenters. The Bertz CT molecular complexity index is 1270. The Labute approximate surface area is 188 Å². The lowest BCUT2D eigenvalue weighted by Crippen LogP contribution is -2.26. The molecule has 0 amide bonds. The monoisotopic (exact) mass is 425 g/mol. The molecule has 5 rings (SSSR count). The van der Waals surface area contributed by atoms with Crippen LogP contribution in [0.5, 0.6) is 11.5 Å². The zero-order chi connectivity index (χ0) is 22.2. The van der Waals surface area contributed by atoms with Crippen molar-refractivity contribution in [3.05, 3.63) is 94.7 Å². The summed E-state index contributed by atoms with van der Waals surface area (Å²) in [7, 11) is 1.68. The molecular formula is C27H27N3O2. The summed E-state index contributed by atoms with van der Waals surface area (Å²) in [6.45, 7) is 6.73. The SMILES string of the molecule is COc1cc(C2Nc3c(C)cccc3-c3cc(C)nn32)ccc1OCc1ccc(C)cc1. The highest BCUT2D eigenvalue weighted by Gasteiger charge is 2.28. The molecule has 1 aliphatic rings. The molecule has 0 saturated carbocycles. The van der Waals surface area contributed by atoms with Gasteiger partial charge in [0.1, 0.15) is 12.8 Å². The fraction of sp³-hybridized carbons (Fsp3) is 0.222. The Hall–Kier alpha value is -3.73. The number of aryl methyl sites for hydroxylation is 3. The van der Waals surface area contributed by atoms with Crippen molar-refractivity contribution in [1.29, 1.82) is 0 Å². The van der Waals surface area contributed by atoms with Gasteiger partial charge in [-0.2, -0.15) is 5.10 Å².